The molecule has 3 aliphatic heterocycles. The van der Waals surface area contributed by atoms with Gasteiger partial charge in [-0.3, -0.25) is 0 Å². The highest BCUT2D eigenvalue weighted by Crippen LogP contribution is 2.33. The van der Waals surface area contributed by atoms with Crippen molar-refractivity contribution in [2.45, 2.75) is 12.8 Å². The van der Waals surface area contributed by atoms with Crippen LogP contribution in [0.3, 0.4) is 0 Å². The number of aromatic nitrogens is 1. The molecule has 19 heavy (non-hydrogen) atoms. The smallest absolute Gasteiger partial charge is 0.0833 e. The number of fused-ring (bicyclic) bond motifs is 4. The van der Waals surface area contributed by atoms with E-state index in [0.717, 1.165) is 23.9 Å². The molecule has 2 bridgehead atoms. The molecule has 1 aromatic heterocycles. The molecule has 0 unspecified atom stereocenters. The first kappa shape index (κ1) is 11.7. The van der Waals surface area contributed by atoms with Crippen LogP contribution in [0, 0.1) is 11.8 Å². The highest BCUT2D eigenvalue weighted by atomic mass is 32.1. The fraction of sp³-hybridized carbons (Fsp3) is 0.533. The van der Waals surface area contributed by atoms with E-state index in [9.17, 15) is 0 Å². The number of nitrogens with zero attached hydrogens (tertiary/aromatic N) is 2. The summed E-state index contributed by atoms with van der Waals surface area (Å²) in [6.45, 7) is 5.05. The van der Waals surface area contributed by atoms with Crippen molar-refractivity contribution in [1.29, 1.82) is 0 Å². The summed E-state index contributed by atoms with van der Waals surface area (Å²) >= 11 is 1.73. The SMILES string of the molecule is c1cc(NC[C@H]2CN3CCC2CC3)c2scnc2c1. The van der Waals surface area contributed by atoms with Crippen LogP contribution in [-0.4, -0.2) is 36.1 Å². The molecule has 1 aromatic carbocycles. The zero-order chi connectivity index (χ0) is 12.7. The van der Waals surface area contributed by atoms with Gasteiger partial charge in [0.1, 0.15) is 0 Å². The van der Waals surface area contributed by atoms with Crippen molar-refractivity contribution in [1.82, 2.24) is 9.88 Å². The van der Waals surface area contributed by atoms with Crippen molar-refractivity contribution in [3.05, 3.63) is 23.7 Å². The predicted molar refractivity (Wildman–Crippen MR) is 80.8 cm³/mol. The summed E-state index contributed by atoms with van der Waals surface area (Å²) in [4.78, 5) is 7.01. The molecule has 1 atom stereocenters. The number of anilines is 1. The van der Waals surface area contributed by atoms with E-state index in [1.165, 1.54) is 42.9 Å². The highest BCUT2D eigenvalue weighted by molar-refractivity contribution is 7.17. The minimum atomic E-state index is 0.825. The quantitative estimate of drug-likeness (QED) is 0.931. The second-order valence-electron chi connectivity index (χ2n) is 5.79. The van der Waals surface area contributed by atoms with Crippen molar-refractivity contribution in [2.24, 2.45) is 11.8 Å². The summed E-state index contributed by atoms with van der Waals surface area (Å²) in [5.41, 5.74) is 4.31. The van der Waals surface area contributed by atoms with E-state index >= 15 is 0 Å². The maximum atomic E-state index is 4.38. The fourth-order valence-electron chi connectivity index (χ4n) is 3.59. The van der Waals surface area contributed by atoms with E-state index in [2.05, 4.69) is 33.4 Å². The normalized spacial score (nSPS) is 29.8. The lowest BCUT2D eigenvalue weighted by Gasteiger charge is -2.45. The maximum absolute atomic E-state index is 4.38. The highest BCUT2D eigenvalue weighted by Gasteiger charge is 2.33. The van der Waals surface area contributed by atoms with Gasteiger partial charge in [-0.05, 0) is 49.9 Å². The molecule has 4 heteroatoms. The molecule has 5 rings (SSSR count). The topological polar surface area (TPSA) is 28.2 Å². The van der Waals surface area contributed by atoms with Gasteiger partial charge in [-0.2, -0.15) is 0 Å². The molecule has 4 heterocycles. The van der Waals surface area contributed by atoms with Crippen LogP contribution in [0.1, 0.15) is 12.8 Å². The lowest BCUT2D eigenvalue weighted by Crippen LogP contribution is -2.49. The van der Waals surface area contributed by atoms with Crippen molar-refractivity contribution < 1.29 is 0 Å². The fourth-order valence-corrected chi connectivity index (χ4v) is 4.37. The third-order valence-corrected chi connectivity index (χ3v) is 5.58. The lowest BCUT2D eigenvalue weighted by molar-refractivity contribution is 0.0574. The van der Waals surface area contributed by atoms with Crippen LogP contribution in [0.25, 0.3) is 10.2 Å². The van der Waals surface area contributed by atoms with Crippen LogP contribution in [0.5, 0.6) is 0 Å². The van der Waals surface area contributed by atoms with Crippen LogP contribution < -0.4 is 5.32 Å². The number of benzene rings is 1. The molecule has 3 aliphatic rings. The Bertz CT molecular complexity index is 572. The van der Waals surface area contributed by atoms with Crippen LogP contribution in [0.15, 0.2) is 23.7 Å². The Morgan fingerprint density at radius 2 is 2.21 bits per heavy atom. The average molecular weight is 273 g/mol. The summed E-state index contributed by atoms with van der Waals surface area (Å²) in [6.07, 6.45) is 2.80. The molecular weight excluding hydrogens is 254 g/mol. The molecule has 0 aliphatic carbocycles. The largest absolute Gasteiger partial charge is 0.384 e. The van der Waals surface area contributed by atoms with E-state index in [1.54, 1.807) is 11.3 Å². The Morgan fingerprint density at radius 3 is 3.00 bits per heavy atom. The number of rotatable bonds is 3. The standard InChI is InChI=1S/C15H19N3S/c1-2-13(15-14(3-1)17-10-19-15)16-8-12-9-18-6-4-11(12)5-7-18/h1-3,10-12,16H,4-9H2/t12-/m0/s1. The van der Waals surface area contributed by atoms with E-state index in [-0.39, 0.29) is 0 Å². The molecule has 0 radical (unpaired) electrons. The second-order valence-corrected chi connectivity index (χ2v) is 6.64. The van der Waals surface area contributed by atoms with Crippen LogP contribution in [0.4, 0.5) is 5.69 Å². The number of piperidine rings is 3. The predicted octanol–water partition coefficient (Wildman–Crippen LogP) is 3.05. The van der Waals surface area contributed by atoms with Crippen molar-refractivity contribution in [3.63, 3.8) is 0 Å². The van der Waals surface area contributed by atoms with Crippen LogP contribution >= 0.6 is 11.3 Å². The van der Waals surface area contributed by atoms with Gasteiger partial charge in [-0.1, -0.05) is 6.07 Å². The van der Waals surface area contributed by atoms with Gasteiger partial charge < -0.3 is 10.2 Å². The van der Waals surface area contributed by atoms with Crippen LogP contribution in [-0.2, 0) is 0 Å². The Hall–Kier alpha value is -1.13. The summed E-state index contributed by atoms with van der Waals surface area (Å²) < 4.78 is 1.30. The Labute approximate surface area is 117 Å². The maximum Gasteiger partial charge on any atom is 0.0833 e. The van der Waals surface area contributed by atoms with Gasteiger partial charge in [0.2, 0.25) is 0 Å². The molecule has 3 fully saturated rings. The Kier molecular flexibility index (Phi) is 2.93. The van der Waals surface area contributed by atoms with Gasteiger partial charge in [0, 0.05) is 13.1 Å². The van der Waals surface area contributed by atoms with Gasteiger partial charge >= 0.3 is 0 Å². The van der Waals surface area contributed by atoms with Gasteiger partial charge in [0.15, 0.2) is 0 Å². The van der Waals surface area contributed by atoms with Gasteiger partial charge in [0.05, 0.1) is 21.4 Å². The monoisotopic (exact) mass is 273 g/mol. The Morgan fingerprint density at radius 1 is 1.32 bits per heavy atom. The van der Waals surface area contributed by atoms with E-state index in [4.69, 9.17) is 0 Å². The summed E-state index contributed by atoms with van der Waals surface area (Å²) in [5.74, 6) is 1.77. The molecule has 100 valence electrons. The summed E-state index contributed by atoms with van der Waals surface area (Å²) in [6, 6.07) is 6.37. The molecular formula is C15H19N3S. The minimum Gasteiger partial charge on any atom is -0.384 e. The summed E-state index contributed by atoms with van der Waals surface area (Å²) in [7, 11) is 0. The first-order chi connectivity index (χ1) is 9.40. The number of hydrogen-bond donors (Lipinski definition) is 1. The van der Waals surface area contributed by atoms with Crippen molar-refractivity contribution in [3.8, 4) is 0 Å². The number of thiazole rings is 1. The zero-order valence-electron chi connectivity index (χ0n) is 11.0. The van der Waals surface area contributed by atoms with E-state index in [0.29, 0.717) is 0 Å². The van der Waals surface area contributed by atoms with Gasteiger partial charge in [0.25, 0.3) is 0 Å². The Balaban J connectivity index is 1.49. The van der Waals surface area contributed by atoms with Gasteiger partial charge in [-0.25, -0.2) is 4.98 Å². The third-order valence-electron chi connectivity index (χ3n) is 4.70. The van der Waals surface area contributed by atoms with Crippen LogP contribution in [0.2, 0.25) is 0 Å². The number of hydrogen-bond acceptors (Lipinski definition) is 4. The molecule has 0 amide bonds. The summed E-state index contributed by atoms with van der Waals surface area (Å²) in [5, 5.41) is 3.67. The second kappa shape index (κ2) is 4.76. The molecule has 0 saturated carbocycles. The molecule has 2 aromatic rings. The van der Waals surface area contributed by atoms with Crippen molar-refractivity contribution in [2.75, 3.05) is 31.5 Å². The molecule has 0 spiro atoms. The minimum absolute atomic E-state index is 0.825. The first-order valence-electron chi connectivity index (χ1n) is 7.18. The lowest BCUT2D eigenvalue weighted by atomic mass is 9.79. The molecule has 3 saturated heterocycles. The average Bonchev–Trinajstić information content (AvgIpc) is 2.95. The van der Waals surface area contributed by atoms with Gasteiger partial charge in [-0.15, -0.1) is 11.3 Å². The molecule has 1 N–H and O–H groups in total. The van der Waals surface area contributed by atoms with E-state index < -0.39 is 0 Å². The van der Waals surface area contributed by atoms with E-state index in [1.807, 2.05) is 5.51 Å². The number of nitrogens with one attached hydrogen (secondary N) is 1. The van der Waals surface area contributed by atoms with Crippen molar-refractivity contribution >= 4 is 27.2 Å². The first-order valence-corrected chi connectivity index (χ1v) is 8.06. The molecule has 3 nitrogen and oxygen atoms in total. The third kappa shape index (κ3) is 2.13. The zero-order valence-corrected chi connectivity index (χ0v) is 11.8.